The lowest BCUT2D eigenvalue weighted by molar-refractivity contribution is 0.0223. The minimum atomic E-state index is -3.28. The number of halogens is 1. The van der Waals surface area contributed by atoms with Crippen LogP contribution in [0, 0.1) is 0 Å². The highest BCUT2D eigenvalue weighted by Gasteiger charge is 2.26. The molecule has 0 atom stereocenters. The van der Waals surface area contributed by atoms with Crippen molar-refractivity contribution < 1.29 is 41.0 Å². The standard InChI is InChI=1S/C17H22N2O2S.C9H18N2O2.C8H5BrS.2CH4/c1-17(2,3)21-16(20)19-10-8-18(9-11-19)14-5-4-6-15-13(14)7-12-22-15;1-9(2,3)13-8(12)11-6-4-10-5-7-11;9-7-2-1-3-8-6(7)4-5-10-8;;/h4-7,12H,8-11H2,1-3H3;10H,4-7H2,1-3H3;1-5H;2*1H4/i8D2,9D2,10D2,11D2;4D2,5D2,6D2,7D2;;;. The Morgan fingerprint density at radius 2 is 1.19 bits per heavy atom. The van der Waals surface area contributed by atoms with Gasteiger partial charge in [0.05, 0.1) is 16.4 Å². The van der Waals surface area contributed by atoms with Crippen molar-refractivity contribution in [3.05, 3.63) is 63.8 Å². The van der Waals surface area contributed by atoms with Gasteiger partial charge in [-0.15, -0.1) is 22.7 Å². The Bertz CT molecular complexity index is 2210. The second-order valence-corrected chi connectivity index (χ2v) is 13.9. The number of amides is 2. The number of carbonyl (C=O) groups excluding carboxylic acids is 2. The van der Waals surface area contributed by atoms with Crippen molar-refractivity contribution in [2.24, 2.45) is 0 Å². The fourth-order valence-corrected chi connectivity index (χ4v) is 5.78. The number of carbonyl (C=O) groups is 2. The van der Waals surface area contributed by atoms with Gasteiger partial charge in [0.2, 0.25) is 0 Å². The van der Waals surface area contributed by atoms with Gasteiger partial charge in [-0.05, 0) is 88.7 Å². The molecule has 2 aromatic carbocycles. The van der Waals surface area contributed by atoms with E-state index in [2.05, 4.69) is 45.6 Å². The van der Waals surface area contributed by atoms with Crippen LogP contribution >= 0.6 is 38.6 Å². The van der Waals surface area contributed by atoms with E-state index in [1.54, 1.807) is 40.2 Å². The number of hydrogen-bond acceptors (Lipinski definition) is 8. The van der Waals surface area contributed by atoms with Gasteiger partial charge < -0.3 is 29.5 Å². The lowest BCUT2D eigenvalue weighted by Gasteiger charge is -2.37. The van der Waals surface area contributed by atoms with Crippen molar-refractivity contribution >= 4 is 76.6 Å². The van der Waals surface area contributed by atoms with Crippen molar-refractivity contribution in [2.75, 3.05) is 56.9 Å². The first-order valence-corrected chi connectivity index (χ1v) is 16.1. The molecule has 2 aliphatic rings. The van der Waals surface area contributed by atoms with E-state index in [0.29, 0.717) is 15.0 Å². The lowest BCUT2D eigenvalue weighted by Crippen LogP contribution is -2.50. The number of benzene rings is 2. The average molecular weight is 766 g/mol. The molecule has 6 rings (SSSR count). The number of piperazine rings is 2. The SMILES string of the molecule is Brc1cccc2sccc12.C.C.[2H]C1([2H])N(C(=O)OC(C)(C)C)C([2H])([2H])C([2H])([2H])N(c2cccc3sccc23)C1([2H])[2H].[2H]C1([2H])NC([2H])([2H])C([2H])([2H])N(C(=O)OC(C)(C)C)C1([2H])[2H]. The van der Waals surface area contributed by atoms with Gasteiger partial charge in [-0.1, -0.05) is 42.9 Å². The van der Waals surface area contributed by atoms with Gasteiger partial charge in [0.15, 0.2) is 0 Å². The predicted octanol–water partition coefficient (Wildman–Crippen LogP) is 9.72. The topological polar surface area (TPSA) is 74.4 Å². The maximum absolute atomic E-state index is 12.7. The Morgan fingerprint density at radius 1 is 0.723 bits per heavy atom. The number of fused-ring (bicyclic) bond motifs is 2. The van der Waals surface area contributed by atoms with Gasteiger partial charge in [0, 0.05) is 87.8 Å². The lowest BCUT2D eigenvalue weighted by atomic mass is 10.2. The first-order valence-electron chi connectivity index (χ1n) is 21.5. The summed E-state index contributed by atoms with van der Waals surface area (Å²) in [6.45, 7) is -16.3. The quantitative estimate of drug-likeness (QED) is 0.208. The number of ether oxygens (including phenoxy) is 2. The summed E-state index contributed by atoms with van der Waals surface area (Å²) in [6.07, 6.45) is -2.97. The number of thiophene rings is 2. The summed E-state index contributed by atoms with van der Waals surface area (Å²) < 4.78 is 142. The smallest absolute Gasteiger partial charge is 0.410 e. The molecule has 4 aromatic rings. The van der Waals surface area contributed by atoms with Crippen LogP contribution in [-0.4, -0.2) is 85.2 Å². The molecular formula is C36H53BrN4O4S2. The van der Waals surface area contributed by atoms with E-state index < -0.39 is 75.4 Å². The molecule has 47 heavy (non-hydrogen) atoms. The third kappa shape index (κ3) is 12.3. The van der Waals surface area contributed by atoms with E-state index >= 15 is 0 Å². The second-order valence-electron chi connectivity index (χ2n) is 11.2. The van der Waals surface area contributed by atoms with E-state index in [1.807, 2.05) is 0 Å². The molecular weight excluding hydrogens is 696 g/mol. The minimum absolute atomic E-state index is 0. The number of hydrogen-bond donors (Lipinski definition) is 1. The van der Waals surface area contributed by atoms with Crippen LogP contribution in [0.1, 0.15) is 78.3 Å². The molecule has 1 N–H and O–H groups in total. The third-order valence-electron chi connectivity index (χ3n) is 5.32. The zero-order valence-corrected chi connectivity index (χ0v) is 28.7. The van der Waals surface area contributed by atoms with Gasteiger partial charge in [-0.25, -0.2) is 9.59 Å². The van der Waals surface area contributed by atoms with Crippen molar-refractivity contribution in [1.29, 1.82) is 0 Å². The maximum atomic E-state index is 12.7. The first kappa shape index (κ1) is 22.0. The normalized spacial score (nSPS) is 28.5. The number of rotatable bonds is 1. The molecule has 0 aliphatic carbocycles. The Hall–Kier alpha value is -2.86. The highest BCUT2D eigenvalue weighted by Crippen LogP contribution is 2.31. The summed E-state index contributed by atoms with van der Waals surface area (Å²) in [5, 5.41) is 7.22. The number of nitrogens with zero attached hydrogens (tertiary/aromatic N) is 3. The monoisotopic (exact) mass is 764 g/mol. The van der Waals surface area contributed by atoms with E-state index in [9.17, 15) is 9.59 Å². The van der Waals surface area contributed by atoms with Crippen LogP contribution in [0.15, 0.2) is 63.8 Å². The molecule has 0 bridgehead atoms. The van der Waals surface area contributed by atoms with Crippen LogP contribution in [0.25, 0.3) is 20.2 Å². The van der Waals surface area contributed by atoms with Crippen LogP contribution in [0.5, 0.6) is 0 Å². The summed E-state index contributed by atoms with van der Waals surface area (Å²) >= 11 is 6.59. The van der Waals surface area contributed by atoms with Crippen LogP contribution in [0.2, 0.25) is 0 Å². The molecule has 0 unspecified atom stereocenters. The fourth-order valence-electron chi connectivity index (χ4n) is 3.53. The van der Waals surface area contributed by atoms with E-state index in [0.717, 1.165) is 0 Å². The van der Waals surface area contributed by atoms with Gasteiger partial charge >= 0.3 is 12.2 Å². The molecule has 2 saturated heterocycles. The predicted molar refractivity (Wildman–Crippen MR) is 206 cm³/mol. The van der Waals surface area contributed by atoms with E-state index in [4.69, 9.17) is 31.4 Å². The van der Waals surface area contributed by atoms with Crippen molar-refractivity contribution in [3.63, 3.8) is 0 Å². The molecule has 11 heteroatoms. The van der Waals surface area contributed by atoms with E-state index in [-0.39, 0.29) is 30.3 Å². The van der Waals surface area contributed by atoms with Crippen LogP contribution in [0.3, 0.4) is 0 Å². The zero-order valence-electron chi connectivity index (χ0n) is 41.4. The Balaban J connectivity index is 0.000000358. The van der Waals surface area contributed by atoms with E-state index in [1.165, 1.54) is 73.5 Å². The summed E-state index contributed by atoms with van der Waals surface area (Å²) in [5.41, 5.74) is -2.21. The van der Waals surface area contributed by atoms with Crippen LogP contribution in [-0.2, 0) is 9.47 Å². The highest BCUT2D eigenvalue weighted by atomic mass is 79.9. The molecule has 4 heterocycles. The maximum Gasteiger partial charge on any atom is 0.410 e. The largest absolute Gasteiger partial charge is 0.444 e. The zero-order chi connectivity index (χ0) is 47.0. The second kappa shape index (κ2) is 18.1. The molecule has 2 aromatic heterocycles. The van der Waals surface area contributed by atoms with Gasteiger partial charge in [-0.2, -0.15) is 0 Å². The van der Waals surface area contributed by atoms with Crippen molar-refractivity contribution in [3.8, 4) is 0 Å². The molecule has 0 saturated carbocycles. The van der Waals surface area contributed by atoms with Gasteiger partial charge in [0.1, 0.15) is 11.2 Å². The number of nitrogens with one attached hydrogen (secondary N) is 1. The Kier molecular flexibility index (Phi) is 8.44. The van der Waals surface area contributed by atoms with Crippen LogP contribution in [0.4, 0.5) is 15.3 Å². The molecule has 2 amide bonds. The van der Waals surface area contributed by atoms with Gasteiger partial charge in [-0.3, -0.25) is 0 Å². The molecule has 8 nitrogen and oxygen atoms in total. The molecule has 2 aliphatic heterocycles. The minimum Gasteiger partial charge on any atom is -0.444 e. The molecule has 0 radical (unpaired) electrons. The first-order chi connectivity index (χ1) is 27.3. The molecule has 260 valence electrons. The summed E-state index contributed by atoms with van der Waals surface area (Å²) in [6, 6.07) is 14.7. The summed E-state index contributed by atoms with van der Waals surface area (Å²) in [7, 11) is 0. The number of anilines is 1. The Morgan fingerprint density at radius 3 is 1.70 bits per heavy atom. The van der Waals surface area contributed by atoms with Crippen molar-refractivity contribution in [1.82, 2.24) is 15.1 Å². The van der Waals surface area contributed by atoms with Crippen LogP contribution < -0.4 is 10.2 Å². The molecule has 0 spiro atoms. The third-order valence-corrected chi connectivity index (χ3v) is 7.77. The fraction of sp³-hybridized carbons (Fsp3) is 0.500. The summed E-state index contributed by atoms with van der Waals surface area (Å²) in [5.74, 6) is 0. The van der Waals surface area contributed by atoms with Gasteiger partial charge in [0.25, 0.3) is 0 Å². The molecule has 2 fully saturated rings. The van der Waals surface area contributed by atoms with Crippen molar-refractivity contribution in [2.45, 2.75) is 67.6 Å². The Labute approximate surface area is 320 Å². The summed E-state index contributed by atoms with van der Waals surface area (Å²) in [4.78, 5) is 25.0. The average Bonchev–Trinajstić information content (AvgIpc) is 3.73. The highest BCUT2D eigenvalue weighted by molar-refractivity contribution is 9.10.